The molecule has 2 aromatic carbocycles. The number of hydrogen-bond acceptors (Lipinski definition) is 3. The van der Waals surface area contributed by atoms with E-state index in [-0.39, 0.29) is 0 Å². The zero-order valence-corrected chi connectivity index (χ0v) is 17.2. The Kier molecular flexibility index (Phi) is 7.68. The minimum atomic E-state index is -0.629. The molecule has 1 aliphatic heterocycles. The number of amides is 2. The Hall–Kier alpha value is -2.82. The summed E-state index contributed by atoms with van der Waals surface area (Å²) >= 11 is 0. The maximum atomic E-state index is 11.9. The molecule has 2 amide bonds. The van der Waals surface area contributed by atoms with Gasteiger partial charge in [-0.05, 0) is 62.4 Å². The van der Waals surface area contributed by atoms with Crippen molar-refractivity contribution in [2.24, 2.45) is 0 Å². The van der Waals surface area contributed by atoms with Gasteiger partial charge in [0.2, 0.25) is 0 Å². The lowest BCUT2D eigenvalue weighted by Gasteiger charge is -2.22. The van der Waals surface area contributed by atoms with Gasteiger partial charge in [0, 0.05) is 31.0 Å². The third-order valence-electron chi connectivity index (χ3n) is 5.35. The summed E-state index contributed by atoms with van der Waals surface area (Å²) in [5, 5.41) is 5.31. The Morgan fingerprint density at radius 1 is 0.862 bits per heavy atom. The number of hydrogen-bond donors (Lipinski definition) is 2. The molecule has 0 unspecified atom stereocenters. The molecule has 0 spiro atoms. The first kappa shape index (κ1) is 20.9. The van der Waals surface area contributed by atoms with Gasteiger partial charge in [0.05, 0.1) is 0 Å². The van der Waals surface area contributed by atoms with Gasteiger partial charge in [0.25, 0.3) is 0 Å². The van der Waals surface area contributed by atoms with Gasteiger partial charge in [-0.2, -0.15) is 0 Å². The molecular formula is C24H31N3O2. The highest BCUT2D eigenvalue weighted by atomic mass is 16.2. The Balaban J connectivity index is 1.37. The topological polar surface area (TPSA) is 61.4 Å². The van der Waals surface area contributed by atoms with Gasteiger partial charge in [0.1, 0.15) is 0 Å². The highest BCUT2D eigenvalue weighted by Crippen LogP contribution is 2.20. The number of rotatable bonds is 6. The largest absolute Gasteiger partial charge is 0.372 e. The Morgan fingerprint density at radius 3 is 2.17 bits per heavy atom. The standard InChI is InChI=1S/C24H31N3O2/c1-19-8-12-21(13-9-19)26-24(29)23(28)25-16-6-7-20-10-14-22(15-11-20)27-17-4-2-3-5-18-27/h8-15H,2-7,16-18H2,1H3,(H,25,28)(H,26,29). The molecule has 1 saturated heterocycles. The summed E-state index contributed by atoms with van der Waals surface area (Å²) < 4.78 is 0. The smallest absolute Gasteiger partial charge is 0.313 e. The van der Waals surface area contributed by atoms with Crippen molar-refractivity contribution < 1.29 is 9.59 Å². The fourth-order valence-electron chi connectivity index (χ4n) is 3.60. The summed E-state index contributed by atoms with van der Waals surface area (Å²) in [7, 11) is 0. The van der Waals surface area contributed by atoms with Crippen LogP contribution in [-0.4, -0.2) is 31.4 Å². The maximum Gasteiger partial charge on any atom is 0.313 e. The Labute approximate surface area is 173 Å². The summed E-state index contributed by atoms with van der Waals surface area (Å²) in [6.45, 7) is 4.75. The molecule has 1 heterocycles. The van der Waals surface area contributed by atoms with Gasteiger partial charge in [-0.25, -0.2) is 0 Å². The molecule has 5 nitrogen and oxygen atoms in total. The van der Waals surface area contributed by atoms with E-state index in [9.17, 15) is 9.59 Å². The monoisotopic (exact) mass is 393 g/mol. The fourth-order valence-corrected chi connectivity index (χ4v) is 3.60. The average molecular weight is 394 g/mol. The third kappa shape index (κ3) is 6.63. The molecule has 2 N–H and O–H groups in total. The molecule has 5 heteroatoms. The molecule has 1 fully saturated rings. The van der Waals surface area contributed by atoms with E-state index in [4.69, 9.17) is 0 Å². The number of benzene rings is 2. The van der Waals surface area contributed by atoms with Crippen molar-refractivity contribution in [2.75, 3.05) is 29.9 Å². The first-order valence-electron chi connectivity index (χ1n) is 10.6. The zero-order valence-electron chi connectivity index (χ0n) is 17.2. The van der Waals surface area contributed by atoms with Gasteiger partial charge >= 0.3 is 11.8 Å². The van der Waals surface area contributed by atoms with Crippen LogP contribution < -0.4 is 15.5 Å². The van der Waals surface area contributed by atoms with E-state index >= 15 is 0 Å². The van der Waals surface area contributed by atoms with Crippen LogP contribution in [0.1, 0.15) is 43.2 Å². The van der Waals surface area contributed by atoms with Crippen LogP contribution in [0.5, 0.6) is 0 Å². The predicted octanol–water partition coefficient (Wildman–Crippen LogP) is 4.06. The summed E-state index contributed by atoms with van der Waals surface area (Å²) in [5.74, 6) is -1.22. The Morgan fingerprint density at radius 2 is 1.52 bits per heavy atom. The number of carbonyl (C=O) groups is 2. The van der Waals surface area contributed by atoms with Crippen LogP contribution in [0.25, 0.3) is 0 Å². The normalized spacial score (nSPS) is 14.2. The van der Waals surface area contributed by atoms with Gasteiger partial charge in [-0.3, -0.25) is 9.59 Å². The number of anilines is 2. The molecule has 0 aliphatic carbocycles. The highest BCUT2D eigenvalue weighted by Gasteiger charge is 2.13. The second-order valence-electron chi connectivity index (χ2n) is 7.75. The predicted molar refractivity (Wildman–Crippen MR) is 118 cm³/mol. The lowest BCUT2D eigenvalue weighted by atomic mass is 10.1. The van der Waals surface area contributed by atoms with Crippen molar-refractivity contribution in [1.29, 1.82) is 0 Å². The molecule has 0 saturated carbocycles. The molecule has 154 valence electrons. The van der Waals surface area contributed by atoms with Crippen molar-refractivity contribution in [2.45, 2.75) is 45.4 Å². The number of carbonyl (C=O) groups excluding carboxylic acids is 2. The molecule has 0 atom stereocenters. The minimum Gasteiger partial charge on any atom is -0.372 e. The molecule has 0 bridgehead atoms. The SMILES string of the molecule is Cc1ccc(NC(=O)C(=O)NCCCc2ccc(N3CCCCCC3)cc2)cc1. The third-order valence-corrected chi connectivity index (χ3v) is 5.35. The van der Waals surface area contributed by atoms with E-state index in [0.29, 0.717) is 12.2 Å². The van der Waals surface area contributed by atoms with E-state index in [1.807, 2.05) is 19.1 Å². The lowest BCUT2D eigenvalue weighted by Crippen LogP contribution is -2.36. The average Bonchev–Trinajstić information content (AvgIpc) is 3.03. The van der Waals surface area contributed by atoms with Crippen LogP contribution in [-0.2, 0) is 16.0 Å². The molecule has 2 aromatic rings. The van der Waals surface area contributed by atoms with Crippen LogP contribution in [0.15, 0.2) is 48.5 Å². The second-order valence-corrected chi connectivity index (χ2v) is 7.75. The fraction of sp³-hybridized carbons (Fsp3) is 0.417. The van der Waals surface area contributed by atoms with Crippen molar-refractivity contribution >= 4 is 23.2 Å². The first-order chi connectivity index (χ1) is 14.1. The van der Waals surface area contributed by atoms with Crippen molar-refractivity contribution in [3.05, 3.63) is 59.7 Å². The first-order valence-corrected chi connectivity index (χ1v) is 10.6. The molecule has 3 rings (SSSR count). The summed E-state index contributed by atoms with van der Waals surface area (Å²) in [4.78, 5) is 26.4. The molecule has 1 aliphatic rings. The van der Waals surface area contributed by atoms with Gasteiger partial charge < -0.3 is 15.5 Å². The van der Waals surface area contributed by atoms with Gasteiger partial charge in [-0.15, -0.1) is 0 Å². The number of nitrogens with zero attached hydrogens (tertiary/aromatic N) is 1. The van der Waals surface area contributed by atoms with Crippen LogP contribution in [0.3, 0.4) is 0 Å². The lowest BCUT2D eigenvalue weighted by molar-refractivity contribution is -0.136. The van der Waals surface area contributed by atoms with E-state index in [1.165, 1.54) is 36.9 Å². The van der Waals surface area contributed by atoms with Crippen LogP contribution >= 0.6 is 0 Å². The second kappa shape index (κ2) is 10.6. The van der Waals surface area contributed by atoms with E-state index < -0.39 is 11.8 Å². The minimum absolute atomic E-state index is 0.480. The summed E-state index contributed by atoms with van der Waals surface area (Å²) in [6.07, 6.45) is 6.90. The van der Waals surface area contributed by atoms with Crippen molar-refractivity contribution in [3.8, 4) is 0 Å². The number of nitrogens with one attached hydrogen (secondary N) is 2. The van der Waals surface area contributed by atoms with E-state index in [0.717, 1.165) is 31.5 Å². The zero-order chi connectivity index (χ0) is 20.5. The summed E-state index contributed by atoms with van der Waals surface area (Å²) in [6, 6.07) is 16.1. The van der Waals surface area contributed by atoms with Crippen LogP contribution in [0.2, 0.25) is 0 Å². The highest BCUT2D eigenvalue weighted by molar-refractivity contribution is 6.39. The van der Waals surface area contributed by atoms with E-state index in [1.54, 1.807) is 12.1 Å². The molecule has 29 heavy (non-hydrogen) atoms. The maximum absolute atomic E-state index is 11.9. The van der Waals surface area contributed by atoms with Gasteiger partial charge in [-0.1, -0.05) is 42.7 Å². The number of aryl methyl sites for hydroxylation is 2. The van der Waals surface area contributed by atoms with Crippen molar-refractivity contribution in [3.63, 3.8) is 0 Å². The quantitative estimate of drug-likeness (QED) is 0.575. The molecule has 0 radical (unpaired) electrons. The van der Waals surface area contributed by atoms with E-state index in [2.05, 4.69) is 39.8 Å². The van der Waals surface area contributed by atoms with Crippen LogP contribution in [0.4, 0.5) is 11.4 Å². The molecule has 0 aromatic heterocycles. The van der Waals surface area contributed by atoms with Crippen molar-refractivity contribution in [1.82, 2.24) is 5.32 Å². The Bertz CT molecular complexity index is 792. The summed E-state index contributed by atoms with van der Waals surface area (Å²) in [5.41, 5.74) is 4.28. The van der Waals surface area contributed by atoms with Crippen LogP contribution in [0, 0.1) is 6.92 Å². The van der Waals surface area contributed by atoms with Gasteiger partial charge in [0.15, 0.2) is 0 Å². The molecular weight excluding hydrogens is 362 g/mol.